The lowest BCUT2D eigenvalue weighted by Gasteiger charge is -2.33. The summed E-state index contributed by atoms with van der Waals surface area (Å²) in [7, 11) is 3.61. The van der Waals surface area contributed by atoms with Gasteiger partial charge in [-0.2, -0.15) is 5.10 Å². The number of hydrogen-bond donors (Lipinski definition) is 0. The first-order valence-electron chi connectivity index (χ1n) is 8.97. The summed E-state index contributed by atoms with van der Waals surface area (Å²) in [4.78, 5) is 24.1. The molecule has 5 atom stereocenters. The number of anilines is 1. The fourth-order valence-electron chi connectivity index (χ4n) is 4.32. The highest BCUT2D eigenvalue weighted by molar-refractivity contribution is 6.19. The Labute approximate surface area is 147 Å². The smallest absolute Gasteiger partial charge is 0.237 e. The molecule has 0 radical (unpaired) electrons. The Morgan fingerprint density at radius 2 is 2.16 bits per heavy atom. The summed E-state index contributed by atoms with van der Waals surface area (Å²) in [6.45, 7) is 3.46. The minimum Gasteiger partial charge on any atom is -0.380 e. The maximum absolute atomic E-state index is 12.9. The van der Waals surface area contributed by atoms with Crippen LogP contribution in [0, 0.1) is 17.8 Å². The first kappa shape index (κ1) is 16.4. The van der Waals surface area contributed by atoms with Gasteiger partial charge in [0.1, 0.15) is 0 Å². The zero-order valence-corrected chi connectivity index (χ0v) is 15.0. The van der Waals surface area contributed by atoms with Crippen LogP contribution >= 0.6 is 0 Å². The van der Waals surface area contributed by atoms with Gasteiger partial charge in [0.15, 0.2) is 5.82 Å². The highest BCUT2D eigenvalue weighted by atomic mass is 16.5. The van der Waals surface area contributed by atoms with Crippen molar-refractivity contribution in [3.05, 3.63) is 12.3 Å². The number of amides is 1. The molecule has 0 aliphatic carbocycles. The molecule has 1 saturated heterocycles. The number of ether oxygens (including phenoxy) is 1. The van der Waals surface area contributed by atoms with Gasteiger partial charge in [-0.15, -0.1) is 0 Å². The van der Waals surface area contributed by atoms with Crippen molar-refractivity contribution in [2.24, 2.45) is 34.8 Å². The SMILES string of the molecule is COC1CN=CC(C2CC(C)C3C(=O)N(c4ccn(C)n4)CC3=N2)C1. The summed E-state index contributed by atoms with van der Waals surface area (Å²) >= 11 is 0. The molecule has 4 rings (SSSR count). The van der Waals surface area contributed by atoms with E-state index in [1.165, 1.54) is 0 Å². The normalized spacial score (nSPS) is 35.0. The molecule has 1 aromatic heterocycles. The predicted molar refractivity (Wildman–Crippen MR) is 96.3 cm³/mol. The van der Waals surface area contributed by atoms with E-state index in [1.807, 2.05) is 25.5 Å². The number of hydrogen-bond acceptors (Lipinski definition) is 5. The number of aromatic nitrogens is 2. The summed E-state index contributed by atoms with van der Waals surface area (Å²) in [6, 6.07) is 2.08. The van der Waals surface area contributed by atoms with Gasteiger partial charge in [0.25, 0.3) is 0 Å². The second kappa shape index (κ2) is 6.37. The Morgan fingerprint density at radius 3 is 2.88 bits per heavy atom. The molecule has 0 spiro atoms. The highest BCUT2D eigenvalue weighted by Gasteiger charge is 2.46. The van der Waals surface area contributed by atoms with Crippen LogP contribution in [-0.4, -0.2) is 60.0 Å². The highest BCUT2D eigenvalue weighted by Crippen LogP contribution is 2.37. The summed E-state index contributed by atoms with van der Waals surface area (Å²) in [5, 5.41) is 4.38. The maximum atomic E-state index is 12.9. The van der Waals surface area contributed by atoms with E-state index in [4.69, 9.17) is 9.73 Å². The number of carbonyl (C=O) groups excluding carboxylic acids is 1. The molecule has 3 aliphatic heterocycles. The molecule has 7 heteroatoms. The molecule has 1 amide bonds. The van der Waals surface area contributed by atoms with Gasteiger partial charge in [-0.1, -0.05) is 6.92 Å². The van der Waals surface area contributed by atoms with Gasteiger partial charge in [-0.25, -0.2) is 0 Å². The quantitative estimate of drug-likeness (QED) is 0.831. The second-order valence-corrected chi connectivity index (χ2v) is 7.42. The third-order valence-electron chi connectivity index (χ3n) is 5.67. The fraction of sp³-hybridized carbons (Fsp3) is 0.667. The van der Waals surface area contributed by atoms with Crippen LogP contribution in [0.2, 0.25) is 0 Å². The average Bonchev–Trinajstić information content (AvgIpc) is 3.18. The van der Waals surface area contributed by atoms with Crippen LogP contribution in [-0.2, 0) is 16.6 Å². The molecular weight excluding hydrogens is 318 g/mol. The van der Waals surface area contributed by atoms with E-state index in [9.17, 15) is 4.79 Å². The molecule has 25 heavy (non-hydrogen) atoms. The number of aliphatic imine (C=N–C) groups is 2. The molecule has 0 aromatic carbocycles. The molecule has 3 aliphatic rings. The van der Waals surface area contributed by atoms with Crippen LogP contribution < -0.4 is 4.90 Å². The van der Waals surface area contributed by atoms with E-state index < -0.39 is 0 Å². The maximum Gasteiger partial charge on any atom is 0.237 e. The van der Waals surface area contributed by atoms with Crippen molar-refractivity contribution in [2.75, 3.05) is 25.1 Å². The zero-order chi connectivity index (χ0) is 17.6. The van der Waals surface area contributed by atoms with Crippen molar-refractivity contribution < 1.29 is 9.53 Å². The van der Waals surface area contributed by atoms with Crippen LogP contribution in [0.4, 0.5) is 5.82 Å². The molecule has 0 saturated carbocycles. The Kier molecular flexibility index (Phi) is 4.19. The molecule has 4 heterocycles. The lowest BCUT2D eigenvalue weighted by molar-refractivity contribution is -0.120. The van der Waals surface area contributed by atoms with Crippen molar-refractivity contribution in [1.82, 2.24) is 9.78 Å². The Hall–Kier alpha value is -2.02. The topological polar surface area (TPSA) is 72.1 Å². The van der Waals surface area contributed by atoms with Crippen LogP contribution in [0.1, 0.15) is 19.8 Å². The number of aryl methyl sites for hydroxylation is 1. The molecule has 1 aromatic rings. The largest absolute Gasteiger partial charge is 0.380 e. The summed E-state index contributed by atoms with van der Waals surface area (Å²) < 4.78 is 7.21. The summed E-state index contributed by atoms with van der Waals surface area (Å²) in [5.74, 6) is 1.34. The van der Waals surface area contributed by atoms with Gasteiger partial charge in [0, 0.05) is 44.3 Å². The van der Waals surface area contributed by atoms with E-state index in [1.54, 1.807) is 16.7 Å². The van der Waals surface area contributed by atoms with Crippen molar-refractivity contribution in [1.29, 1.82) is 0 Å². The molecule has 5 unspecified atom stereocenters. The van der Waals surface area contributed by atoms with Crippen LogP contribution in [0.5, 0.6) is 0 Å². The van der Waals surface area contributed by atoms with Crippen LogP contribution in [0.15, 0.2) is 22.2 Å². The molecule has 134 valence electrons. The average molecular weight is 343 g/mol. The van der Waals surface area contributed by atoms with Crippen molar-refractivity contribution in [3.63, 3.8) is 0 Å². The van der Waals surface area contributed by atoms with Crippen molar-refractivity contribution in [2.45, 2.75) is 31.9 Å². The van der Waals surface area contributed by atoms with Gasteiger partial charge in [0.05, 0.1) is 31.2 Å². The number of methoxy groups -OCH3 is 1. The lowest BCUT2D eigenvalue weighted by atomic mass is 9.78. The second-order valence-electron chi connectivity index (χ2n) is 7.42. The molecule has 0 N–H and O–H groups in total. The summed E-state index contributed by atoms with van der Waals surface area (Å²) in [5.41, 5.74) is 1.01. The number of nitrogens with zero attached hydrogens (tertiary/aromatic N) is 5. The predicted octanol–water partition coefficient (Wildman–Crippen LogP) is 1.34. The van der Waals surface area contributed by atoms with Crippen LogP contribution in [0.3, 0.4) is 0 Å². The van der Waals surface area contributed by atoms with Gasteiger partial charge < -0.3 is 4.74 Å². The third-order valence-corrected chi connectivity index (χ3v) is 5.67. The van der Waals surface area contributed by atoms with E-state index in [2.05, 4.69) is 17.0 Å². The van der Waals surface area contributed by atoms with Gasteiger partial charge in [-0.3, -0.25) is 24.4 Å². The monoisotopic (exact) mass is 343 g/mol. The minimum absolute atomic E-state index is 0.1000. The van der Waals surface area contributed by atoms with Gasteiger partial charge in [0.2, 0.25) is 5.91 Å². The Bertz CT molecular complexity index is 725. The third kappa shape index (κ3) is 2.90. The van der Waals surface area contributed by atoms with Gasteiger partial charge >= 0.3 is 0 Å². The standard InChI is InChI=1S/C18H25N5O2/c1-11-6-14(12-7-13(25-3)9-19-8-12)20-15-10-23(18(24)17(11)15)16-4-5-22(2)21-16/h4-5,8,11-14,17H,6-7,9-10H2,1-3H3. The van der Waals surface area contributed by atoms with E-state index in [0.29, 0.717) is 18.3 Å². The Morgan fingerprint density at radius 1 is 1.32 bits per heavy atom. The first-order chi connectivity index (χ1) is 12.1. The molecule has 0 bridgehead atoms. The number of rotatable bonds is 3. The van der Waals surface area contributed by atoms with E-state index >= 15 is 0 Å². The van der Waals surface area contributed by atoms with Crippen molar-refractivity contribution >= 4 is 23.7 Å². The van der Waals surface area contributed by atoms with Crippen LogP contribution in [0.25, 0.3) is 0 Å². The molecular formula is C18H25N5O2. The van der Waals surface area contributed by atoms with E-state index in [-0.39, 0.29) is 29.9 Å². The molecule has 7 nitrogen and oxygen atoms in total. The minimum atomic E-state index is -0.1000. The van der Waals surface area contributed by atoms with Crippen molar-refractivity contribution in [3.8, 4) is 0 Å². The lowest BCUT2D eigenvalue weighted by Crippen LogP contribution is -2.39. The summed E-state index contributed by atoms with van der Waals surface area (Å²) in [6.07, 6.45) is 5.96. The first-order valence-corrected chi connectivity index (χ1v) is 8.97. The fourth-order valence-corrected chi connectivity index (χ4v) is 4.32. The molecule has 1 fully saturated rings. The Balaban J connectivity index is 1.57. The number of fused-ring (bicyclic) bond motifs is 1. The van der Waals surface area contributed by atoms with Gasteiger partial charge in [-0.05, 0) is 18.8 Å². The van der Waals surface area contributed by atoms with E-state index in [0.717, 1.165) is 25.1 Å². The number of carbonyl (C=O) groups is 1. The zero-order valence-electron chi connectivity index (χ0n) is 15.0.